The molecule has 1 atom stereocenters. The van der Waals surface area contributed by atoms with Gasteiger partial charge in [0.15, 0.2) is 0 Å². The first-order chi connectivity index (χ1) is 7.74. The van der Waals surface area contributed by atoms with E-state index in [1.54, 1.807) is 0 Å². The van der Waals surface area contributed by atoms with Crippen molar-refractivity contribution < 1.29 is 0 Å². The monoisotopic (exact) mass is 225 g/mol. The van der Waals surface area contributed by atoms with Crippen molar-refractivity contribution >= 4 is 0 Å². The summed E-state index contributed by atoms with van der Waals surface area (Å²) in [7, 11) is 2.24. The molecule has 0 aromatic heterocycles. The van der Waals surface area contributed by atoms with Crippen molar-refractivity contribution in [2.75, 3.05) is 26.7 Å². The molecule has 1 saturated carbocycles. The Morgan fingerprint density at radius 1 is 1.19 bits per heavy atom. The predicted molar refractivity (Wildman–Crippen MR) is 68.5 cm³/mol. The number of nitrogens with zero attached hydrogens (tertiary/aromatic N) is 1. The summed E-state index contributed by atoms with van der Waals surface area (Å²) in [6, 6.07) is 1.21. The fourth-order valence-electron chi connectivity index (χ4n) is 3.10. The number of piperidine rings is 1. The zero-order valence-corrected chi connectivity index (χ0v) is 10.6. The lowest BCUT2D eigenvalue weighted by Crippen LogP contribution is -2.43. The molecule has 0 aromatic rings. The maximum Gasteiger partial charge on any atom is 0.00683 e. The number of hydrogen-bond acceptors (Lipinski definition) is 3. The minimum Gasteiger partial charge on any atom is -0.328 e. The summed E-state index contributed by atoms with van der Waals surface area (Å²) in [4.78, 5) is 2.46. The van der Waals surface area contributed by atoms with Gasteiger partial charge in [-0.15, -0.1) is 0 Å². The molecule has 1 aliphatic heterocycles. The molecule has 3 N–H and O–H groups in total. The van der Waals surface area contributed by atoms with Crippen LogP contribution in [0.2, 0.25) is 0 Å². The SMILES string of the molecule is CN1CCCC(CNC2CCC(N)CC2)C1. The summed E-state index contributed by atoms with van der Waals surface area (Å²) in [5.41, 5.74) is 5.92. The molecule has 0 spiro atoms. The van der Waals surface area contributed by atoms with Crippen molar-refractivity contribution in [2.45, 2.75) is 50.6 Å². The van der Waals surface area contributed by atoms with E-state index in [-0.39, 0.29) is 0 Å². The Hall–Kier alpha value is -0.120. The van der Waals surface area contributed by atoms with E-state index in [0.717, 1.165) is 12.0 Å². The molecular formula is C13H27N3. The van der Waals surface area contributed by atoms with Gasteiger partial charge in [0.2, 0.25) is 0 Å². The van der Waals surface area contributed by atoms with Crippen molar-refractivity contribution in [3.63, 3.8) is 0 Å². The Balaban J connectivity index is 1.63. The van der Waals surface area contributed by atoms with Crippen LogP contribution in [0.5, 0.6) is 0 Å². The van der Waals surface area contributed by atoms with Crippen LogP contribution in [0.4, 0.5) is 0 Å². The second-order valence-electron chi connectivity index (χ2n) is 5.79. The average Bonchev–Trinajstić information content (AvgIpc) is 2.28. The van der Waals surface area contributed by atoms with Gasteiger partial charge in [-0.25, -0.2) is 0 Å². The van der Waals surface area contributed by atoms with Crippen LogP contribution < -0.4 is 11.1 Å². The van der Waals surface area contributed by atoms with E-state index in [1.165, 1.54) is 58.2 Å². The van der Waals surface area contributed by atoms with E-state index < -0.39 is 0 Å². The smallest absolute Gasteiger partial charge is 0.00683 e. The van der Waals surface area contributed by atoms with Gasteiger partial charge in [0.25, 0.3) is 0 Å². The molecule has 3 nitrogen and oxygen atoms in total. The third-order valence-electron chi connectivity index (χ3n) is 4.19. The lowest BCUT2D eigenvalue weighted by molar-refractivity contribution is 0.198. The van der Waals surface area contributed by atoms with Crippen LogP contribution in [-0.4, -0.2) is 43.7 Å². The van der Waals surface area contributed by atoms with Gasteiger partial charge in [-0.05, 0) is 64.6 Å². The summed E-state index contributed by atoms with van der Waals surface area (Å²) in [6.45, 7) is 3.78. The molecule has 0 amide bonds. The molecule has 2 aliphatic rings. The van der Waals surface area contributed by atoms with Crippen LogP contribution in [0.25, 0.3) is 0 Å². The summed E-state index contributed by atoms with van der Waals surface area (Å²) in [5, 5.41) is 3.75. The number of likely N-dealkylation sites (tertiary alicyclic amines) is 1. The second kappa shape index (κ2) is 5.99. The highest BCUT2D eigenvalue weighted by Gasteiger charge is 2.21. The van der Waals surface area contributed by atoms with Crippen LogP contribution in [0.1, 0.15) is 38.5 Å². The Morgan fingerprint density at radius 3 is 2.62 bits per heavy atom. The maximum atomic E-state index is 5.92. The fourth-order valence-corrected chi connectivity index (χ4v) is 3.10. The normalized spacial score (nSPS) is 37.5. The van der Waals surface area contributed by atoms with Gasteiger partial charge >= 0.3 is 0 Å². The number of nitrogens with one attached hydrogen (secondary N) is 1. The third-order valence-corrected chi connectivity index (χ3v) is 4.19. The van der Waals surface area contributed by atoms with Crippen LogP contribution in [0.15, 0.2) is 0 Å². The molecule has 1 unspecified atom stereocenters. The largest absolute Gasteiger partial charge is 0.328 e. The molecule has 1 aliphatic carbocycles. The molecule has 1 heterocycles. The minimum atomic E-state index is 0.471. The first-order valence-corrected chi connectivity index (χ1v) is 6.91. The second-order valence-corrected chi connectivity index (χ2v) is 5.79. The topological polar surface area (TPSA) is 41.3 Å². The van der Waals surface area contributed by atoms with Gasteiger partial charge in [-0.3, -0.25) is 0 Å². The third kappa shape index (κ3) is 3.72. The van der Waals surface area contributed by atoms with Crippen molar-refractivity contribution in [3.8, 4) is 0 Å². The van der Waals surface area contributed by atoms with E-state index in [2.05, 4.69) is 17.3 Å². The molecule has 0 bridgehead atoms. The van der Waals surface area contributed by atoms with Crippen LogP contribution in [0, 0.1) is 5.92 Å². The zero-order valence-electron chi connectivity index (χ0n) is 10.6. The highest BCUT2D eigenvalue weighted by atomic mass is 15.1. The number of nitrogens with two attached hydrogens (primary N) is 1. The molecular weight excluding hydrogens is 198 g/mol. The lowest BCUT2D eigenvalue weighted by Gasteiger charge is -2.32. The highest BCUT2D eigenvalue weighted by Crippen LogP contribution is 2.19. The highest BCUT2D eigenvalue weighted by molar-refractivity contribution is 4.80. The summed E-state index contributed by atoms with van der Waals surface area (Å²) < 4.78 is 0. The van der Waals surface area contributed by atoms with Crippen LogP contribution >= 0.6 is 0 Å². The Morgan fingerprint density at radius 2 is 1.94 bits per heavy atom. The quantitative estimate of drug-likeness (QED) is 0.758. The Kier molecular flexibility index (Phi) is 4.62. The number of rotatable bonds is 3. The van der Waals surface area contributed by atoms with Gasteiger partial charge in [0.05, 0.1) is 0 Å². The van der Waals surface area contributed by atoms with E-state index in [4.69, 9.17) is 5.73 Å². The van der Waals surface area contributed by atoms with E-state index in [9.17, 15) is 0 Å². The average molecular weight is 225 g/mol. The maximum absolute atomic E-state index is 5.92. The lowest BCUT2D eigenvalue weighted by atomic mass is 9.91. The first kappa shape index (κ1) is 12.3. The van der Waals surface area contributed by atoms with Crippen molar-refractivity contribution in [2.24, 2.45) is 11.7 Å². The first-order valence-electron chi connectivity index (χ1n) is 6.91. The molecule has 16 heavy (non-hydrogen) atoms. The van der Waals surface area contributed by atoms with Crippen LogP contribution in [0.3, 0.4) is 0 Å². The van der Waals surface area contributed by atoms with Gasteiger partial charge in [-0.2, -0.15) is 0 Å². The van der Waals surface area contributed by atoms with Crippen LogP contribution in [-0.2, 0) is 0 Å². The fraction of sp³-hybridized carbons (Fsp3) is 1.00. The van der Waals surface area contributed by atoms with Crippen molar-refractivity contribution in [1.82, 2.24) is 10.2 Å². The predicted octanol–water partition coefficient (Wildman–Crippen LogP) is 1.19. The van der Waals surface area contributed by atoms with Gasteiger partial charge < -0.3 is 16.0 Å². The van der Waals surface area contributed by atoms with E-state index in [1.807, 2.05) is 0 Å². The Bertz CT molecular complexity index is 199. The summed E-state index contributed by atoms with van der Waals surface area (Å²) >= 11 is 0. The Labute approximate surface area is 99.8 Å². The van der Waals surface area contributed by atoms with Gasteiger partial charge in [0.1, 0.15) is 0 Å². The minimum absolute atomic E-state index is 0.471. The standard InChI is InChI=1S/C13H27N3/c1-16-8-2-3-11(10-16)9-15-13-6-4-12(14)5-7-13/h11-13,15H,2-10,14H2,1H3. The molecule has 0 aromatic carbocycles. The van der Waals surface area contributed by atoms with Crippen molar-refractivity contribution in [3.05, 3.63) is 0 Å². The molecule has 0 radical (unpaired) electrons. The zero-order chi connectivity index (χ0) is 11.4. The summed E-state index contributed by atoms with van der Waals surface area (Å²) in [6.07, 6.45) is 7.76. The van der Waals surface area contributed by atoms with Gasteiger partial charge in [-0.1, -0.05) is 0 Å². The van der Waals surface area contributed by atoms with Crippen molar-refractivity contribution in [1.29, 1.82) is 0 Å². The molecule has 3 heteroatoms. The van der Waals surface area contributed by atoms with E-state index in [0.29, 0.717) is 6.04 Å². The molecule has 2 fully saturated rings. The molecule has 1 saturated heterocycles. The molecule has 2 rings (SSSR count). The molecule has 94 valence electrons. The van der Waals surface area contributed by atoms with Gasteiger partial charge in [0, 0.05) is 18.6 Å². The summed E-state index contributed by atoms with van der Waals surface area (Å²) in [5.74, 6) is 0.870. The number of hydrogen-bond donors (Lipinski definition) is 2. The van der Waals surface area contributed by atoms with E-state index >= 15 is 0 Å².